The molecule has 1 aromatic rings. The Morgan fingerprint density at radius 3 is 2.76 bits per heavy atom. The molecule has 5 nitrogen and oxygen atoms in total. The fourth-order valence-electron chi connectivity index (χ4n) is 2.30. The second-order valence-corrected chi connectivity index (χ2v) is 6.18. The van der Waals surface area contributed by atoms with E-state index in [1.165, 1.54) is 0 Å². The number of likely N-dealkylation sites (tertiary alicyclic amines) is 1. The molecule has 116 valence electrons. The van der Waals surface area contributed by atoms with Crippen molar-refractivity contribution in [1.82, 2.24) is 9.88 Å². The van der Waals surface area contributed by atoms with Crippen molar-refractivity contribution >= 4 is 23.3 Å². The first-order chi connectivity index (χ1) is 9.93. The van der Waals surface area contributed by atoms with E-state index < -0.39 is 5.60 Å². The first-order valence-corrected chi connectivity index (χ1v) is 7.72. The number of pyridine rings is 1. The van der Waals surface area contributed by atoms with Crippen LogP contribution in [0.2, 0.25) is 5.02 Å². The van der Waals surface area contributed by atoms with Crippen molar-refractivity contribution in [3.63, 3.8) is 0 Å². The summed E-state index contributed by atoms with van der Waals surface area (Å²) in [6, 6.07) is 1.65. The molecule has 0 spiro atoms. The molecular weight excluding hydrogens is 290 g/mol. The van der Waals surface area contributed by atoms with E-state index in [0.29, 0.717) is 42.3 Å². The molecule has 0 radical (unpaired) electrons. The topological polar surface area (TPSA) is 65.5 Å². The highest BCUT2D eigenvalue weighted by Crippen LogP contribution is 2.24. The van der Waals surface area contributed by atoms with Gasteiger partial charge in [-0.05, 0) is 32.3 Å². The average Bonchev–Trinajstić information content (AvgIpc) is 2.45. The Bertz CT molecular complexity index is 510. The maximum absolute atomic E-state index is 12.4. The standard InChI is InChI=1S/C15H22ClN3O2/c1-3-6-17-13-12(16)9-11(10-18-13)14(20)19-7-4-15(2,21)5-8-19/h9-10,21H,3-8H2,1-2H3,(H,17,18). The first kappa shape index (κ1) is 16.0. The van der Waals surface area contributed by atoms with Crippen molar-refractivity contribution in [3.05, 3.63) is 22.8 Å². The van der Waals surface area contributed by atoms with Crippen LogP contribution >= 0.6 is 11.6 Å². The number of nitrogens with zero attached hydrogens (tertiary/aromatic N) is 2. The van der Waals surface area contributed by atoms with Crippen LogP contribution in [0.15, 0.2) is 12.3 Å². The normalized spacial score (nSPS) is 17.6. The third-order valence-corrected chi connectivity index (χ3v) is 4.05. The smallest absolute Gasteiger partial charge is 0.255 e. The zero-order valence-corrected chi connectivity index (χ0v) is 13.3. The van der Waals surface area contributed by atoms with E-state index in [1.54, 1.807) is 24.1 Å². The van der Waals surface area contributed by atoms with Crippen molar-refractivity contribution in [1.29, 1.82) is 0 Å². The molecule has 2 N–H and O–H groups in total. The predicted octanol–water partition coefficient (Wildman–Crippen LogP) is 2.54. The van der Waals surface area contributed by atoms with Crippen molar-refractivity contribution in [2.24, 2.45) is 0 Å². The van der Waals surface area contributed by atoms with E-state index in [-0.39, 0.29) is 5.91 Å². The molecule has 2 rings (SSSR count). The van der Waals surface area contributed by atoms with Gasteiger partial charge in [0.25, 0.3) is 5.91 Å². The van der Waals surface area contributed by atoms with Gasteiger partial charge in [-0.25, -0.2) is 4.98 Å². The summed E-state index contributed by atoms with van der Waals surface area (Å²) >= 11 is 6.16. The van der Waals surface area contributed by atoms with E-state index in [0.717, 1.165) is 13.0 Å². The Hall–Kier alpha value is -1.33. The van der Waals surface area contributed by atoms with E-state index in [9.17, 15) is 9.90 Å². The summed E-state index contributed by atoms with van der Waals surface area (Å²) in [6.07, 6.45) is 3.72. The minimum Gasteiger partial charge on any atom is -0.390 e. The van der Waals surface area contributed by atoms with Crippen molar-refractivity contribution in [2.45, 2.75) is 38.7 Å². The van der Waals surface area contributed by atoms with Crippen LogP contribution in [-0.2, 0) is 0 Å². The lowest BCUT2D eigenvalue weighted by molar-refractivity contribution is -0.00203. The second kappa shape index (κ2) is 6.62. The number of anilines is 1. The maximum Gasteiger partial charge on any atom is 0.255 e. The number of carbonyl (C=O) groups excluding carboxylic acids is 1. The maximum atomic E-state index is 12.4. The molecule has 1 amide bonds. The van der Waals surface area contributed by atoms with Crippen LogP contribution in [0.3, 0.4) is 0 Å². The SMILES string of the molecule is CCCNc1ncc(C(=O)N2CCC(C)(O)CC2)cc1Cl. The molecule has 0 aromatic carbocycles. The molecule has 1 aliphatic rings. The average molecular weight is 312 g/mol. The highest BCUT2D eigenvalue weighted by atomic mass is 35.5. The number of amides is 1. The molecule has 1 saturated heterocycles. The molecule has 1 aliphatic heterocycles. The van der Waals surface area contributed by atoms with Gasteiger partial charge in [0.1, 0.15) is 5.82 Å². The number of hydrogen-bond donors (Lipinski definition) is 2. The Morgan fingerprint density at radius 1 is 1.52 bits per heavy atom. The quantitative estimate of drug-likeness (QED) is 0.897. The van der Waals surface area contributed by atoms with Crippen molar-refractivity contribution < 1.29 is 9.90 Å². The monoisotopic (exact) mass is 311 g/mol. The third-order valence-electron chi connectivity index (χ3n) is 3.76. The lowest BCUT2D eigenvalue weighted by atomic mass is 9.93. The number of piperidine rings is 1. The summed E-state index contributed by atoms with van der Waals surface area (Å²) in [7, 11) is 0. The second-order valence-electron chi connectivity index (χ2n) is 5.77. The number of aromatic nitrogens is 1. The molecule has 0 bridgehead atoms. The minimum atomic E-state index is -0.666. The number of halogens is 1. The van der Waals surface area contributed by atoms with Crippen LogP contribution in [0, 0.1) is 0 Å². The summed E-state index contributed by atoms with van der Waals surface area (Å²) in [5, 5.41) is 13.5. The summed E-state index contributed by atoms with van der Waals surface area (Å²) in [4.78, 5) is 18.4. The van der Waals surface area contributed by atoms with E-state index in [2.05, 4.69) is 17.2 Å². The van der Waals surface area contributed by atoms with Crippen LogP contribution in [-0.4, -0.2) is 46.1 Å². The molecule has 21 heavy (non-hydrogen) atoms. The Labute approximate surface area is 130 Å². The third kappa shape index (κ3) is 4.08. The van der Waals surface area contributed by atoms with Crippen LogP contribution in [0.1, 0.15) is 43.5 Å². The van der Waals surface area contributed by atoms with E-state index >= 15 is 0 Å². The molecule has 0 atom stereocenters. The van der Waals surface area contributed by atoms with Crippen LogP contribution in [0.5, 0.6) is 0 Å². The van der Waals surface area contributed by atoms with Gasteiger partial charge in [-0.3, -0.25) is 4.79 Å². The summed E-state index contributed by atoms with van der Waals surface area (Å²) in [6.45, 7) is 5.77. The van der Waals surface area contributed by atoms with Gasteiger partial charge in [0, 0.05) is 25.8 Å². The summed E-state index contributed by atoms with van der Waals surface area (Å²) in [5.74, 6) is 0.526. The van der Waals surface area contributed by atoms with Gasteiger partial charge >= 0.3 is 0 Å². The van der Waals surface area contributed by atoms with Gasteiger partial charge in [-0.2, -0.15) is 0 Å². The number of carbonyl (C=O) groups is 1. The van der Waals surface area contributed by atoms with Gasteiger partial charge in [0.15, 0.2) is 0 Å². The van der Waals surface area contributed by atoms with Gasteiger partial charge in [-0.15, -0.1) is 0 Å². The van der Waals surface area contributed by atoms with Gasteiger partial charge < -0.3 is 15.3 Å². The molecule has 0 unspecified atom stereocenters. The Balaban J connectivity index is 2.04. The lowest BCUT2D eigenvalue weighted by Crippen LogP contribution is -2.45. The fourth-order valence-corrected chi connectivity index (χ4v) is 2.54. The van der Waals surface area contributed by atoms with Crippen molar-refractivity contribution in [3.8, 4) is 0 Å². The van der Waals surface area contributed by atoms with Crippen LogP contribution in [0.4, 0.5) is 5.82 Å². The Morgan fingerprint density at radius 2 is 2.19 bits per heavy atom. The number of rotatable bonds is 4. The van der Waals surface area contributed by atoms with Crippen LogP contribution < -0.4 is 5.32 Å². The molecule has 1 aromatic heterocycles. The number of nitrogens with one attached hydrogen (secondary N) is 1. The molecule has 6 heteroatoms. The highest BCUT2D eigenvalue weighted by molar-refractivity contribution is 6.33. The minimum absolute atomic E-state index is 0.0815. The van der Waals surface area contributed by atoms with Gasteiger partial charge in [0.05, 0.1) is 16.2 Å². The largest absolute Gasteiger partial charge is 0.390 e. The first-order valence-electron chi connectivity index (χ1n) is 7.34. The number of aliphatic hydroxyl groups is 1. The van der Waals surface area contributed by atoms with Crippen LogP contribution in [0.25, 0.3) is 0 Å². The van der Waals surface area contributed by atoms with E-state index in [1.807, 2.05) is 0 Å². The fraction of sp³-hybridized carbons (Fsp3) is 0.600. The van der Waals surface area contributed by atoms with Gasteiger partial charge in [-0.1, -0.05) is 18.5 Å². The summed E-state index contributed by atoms with van der Waals surface area (Å²) in [5.41, 5.74) is -0.177. The van der Waals surface area contributed by atoms with Gasteiger partial charge in [0.2, 0.25) is 0 Å². The van der Waals surface area contributed by atoms with Crippen molar-refractivity contribution in [2.75, 3.05) is 25.0 Å². The molecule has 0 saturated carbocycles. The highest BCUT2D eigenvalue weighted by Gasteiger charge is 2.30. The lowest BCUT2D eigenvalue weighted by Gasteiger charge is -2.35. The molecule has 0 aliphatic carbocycles. The molecule has 1 fully saturated rings. The molecule has 2 heterocycles. The predicted molar refractivity (Wildman–Crippen MR) is 83.8 cm³/mol. The zero-order valence-electron chi connectivity index (χ0n) is 12.5. The summed E-state index contributed by atoms with van der Waals surface area (Å²) < 4.78 is 0. The van der Waals surface area contributed by atoms with E-state index in [4.69, 9.17) is 11.6 Å². The zero-order chi connectivity index (χ0) is 15.5. The number of hydrogen-bond acceptors (Lipinski definition) is 4. The Kier molecular flexibility index (Phi) is 5.06. The molecular formula is C15H22ClN3O2.